The van der Waals surface area contributed by atoms with Gasteiger partial charge in [0, 0.05) is 0 Å². The molecule has 15 heavy (non-hydrogen) atoms. The molecule has 1 aliphatic carbocycles. The first-order valence-corrected chi connectivity index (χ1v) is 7.69. The average molecular weight is 231 g/mol. The first-order chi connectivity index (χ1) is 7.02. The zero-order valence-electron chi connectivity index (χ0n) is 10.9. The molecular formula is C13H22KN. The van der Waals surface area contributed by atoms with E-state index in [9.17, 15) is 0 Å². The Kier molecular flexibility index (Phi) is 6.34. The van der Waals surface area contributed by atoms with Gasteiger partial charge in [-0.25, -0.2) is 0 Å². The zero-order valence-corrected chi connectivity index (χ0v) is 14.0. The minimum absolute atomic E-state index is 0.665. The Hall–Kier alpha value is 1.08. The van der Waals surface area contributed by atoms with Crippen LogP contribution in [-0.4, -0.2) is 72.5 Å². The van der Waals surface area contributed by atoms with Crippen LogP contribution in [0.1, 0.15) is 40.5 Å². The molecule has 0 saturated carbocycles. The molecule has 1 rings (SSSR count). The minimum atomic E-state index is 0.665. The van der Waals surface area contributed by atoms with E-state index in [1.54, 1.807) is 5.24 Å². The molecule has 0 fully saturated rings. The van der Waals surface area contributed by atoms with Crippen LogP contribution in [0, 0.1) is 0 Å². The molecule has 0 aliphatic heterocycles. The first-order valence-electron chi connectivity index (χ1n) is 6.13. The number of rotatable bonds is 5. The topological polar surface area (TPSA) is 3.24 Å². The Bertz CT molecular complexity index is 256. The van der Waals surface area contributed by atoms with Gasteiger partial charge >= 0.3 is 130 Å². The van der Waals surface area contributed by atoms with E-state index in [2.05, 4.69) is 44.7 Å². The molecule has 0 aromatic carbocycles. The van der Waals surface area contributed by atoms with Crippen molar-refractivity contribution in [3.63, 3.8) is 0 Å². The van der Waals surface area contributed by atoms with Crippen molar-refractivity contribution in [2.24, 2.45) is 0 Å². The normalized spacial score (nSPS) is 16.6. The molecule has 2 heteroatoms. The van der Waals surface area contributed by atoms with Gasteiger partial charge < -0.3 is 0 Å². The third-order valence-electron chi connectivity index (χ3n) is 3.26. The summed E-state index contributed by atoms with van der Waals surface area (Å²) in [4.78, 5) is 2.58. The predicted molar refractivity (Wildman–Crippen MR) is 68.1 cm³/mol. The fourth-order valence-electron chi connectivity index (χ4n) is 2.31. The number of hydrogen-bond acceptors (Lipinski definition) is 1. The van der Waals surface area contributed by atoms with Crippen LogP contribution in [0.2, 0.25) is 0 Å². The quantitative estimate of drug-likeness (QED) is 0.658. The van der Waals surface area contributed by atoms with Crippen LogP contribution in [0.3, 0.4) is 0 Å². The maximum atomic E-state index is 2.58. The fraction of sp³-hybridized carbons (Fsp3) is 0.692. The summed E-state index contributed by atoms with van der Waals surface area (Å²) in [5, 5.41) is 0. The van der Waals surface area contributed by atoms with E-state index in [-0.39, 0.29) is 0 Å². The van der Waals surface area contributed by atoms with E-state index >= 15 is 0 Å². The van der Waals surface area contributed by atoms with E-state index < -0.39 is 0 Å². The zero-order chi connectivity index (χ0) is 11.4. The van der Waals surface area contributed by atoms with Gasteiger partial charge in [-0.05, 0) is 0 Å². The van der Waals surface area contributed by atoms with Gasteiger partial charge in [0.1, 0.15) is 0 Å². The third kappa shape index (κ3) is 4.45. The number of nitrogens with zero attached hydrogens (tertiary/aromatic N) is 1. The molecule has 80 valence electrons. The van der Waals surface area contributed by atoms with Crippen molar-refractivity contribution in [2.75, 3.05) is 6.54 Å². The van der Waals surface area contributed by atoms with Gasteiger partial charge in [-0.1, -0.05) is 0 Å². The van der Waals surface area contributed by atoms with Gasteiger partial charge in [-0.2, -0.15) is 0 Å². The number of hydrogen-bond donors (Lipinski definition) is 0. The molecule has 0 N–H and O–H groups in total. The third-order valence-corrected chi connectivity index (χ3v) is 4.90. The van der Waals surface area contributed by atoms with Crippen LogP contribution in [-0.2, 0) is 0 Å². The SMILES string of the molecule is CC(C)N(CCC1=[C]([K])CC=C1)C(C)C. The summed E-state index contributed by atoms with van der Waals surface area (Å²) in [6.45, 7) is 10.4. The Balaban J connectivity index is 2.47. The van der Waals surface area contributed by atoms with Crippen molar-refractivity contribution in [2.45, 2.75) is 52.6 Å². The molecule has 0 atom stereocenters. The van der Waals surface area contributed by atoms with E-state index in [1.165, 1.54) is 19.4 Å². The standard InChI is InChI=1S/C13H22N.K/c1-11(2)14(12(3)4)10-9-13-7-5-6-8-13;/h5,7,11-12H,6,9-10H2,1-4H3;. The molecule has 0 aromatic rings. The van der Waals surface area contributed by atoms with Gasteiger partial charge in [0.25, 0.3) is 0 Å². The van der Waals surface area contributed by atoms with E-state index in [0.717, 1.165) is 49.0 Å². The van der Waals surface area contributed by atoms with Crippen molar-refractivity contribution in [1.82, 2.24) is 4.90 Å². The molecule has 1 aliphatic rings. The Morgan fingerprint density at radius 3 is 2.27 bits per heavy atom. The maximum absolute atomic E-state index is 2.58. The molecule has 0 radical (unpaired) electrons. The summed E-state index contributed by atoms with van der Waals surface area (Å²) in [5.41, 5.74) is 1.64. The van der Waals surface area contributed by atoms with Crippen molar-refractivity contribution in [3.05, 3.63) is 17.4 Å². The molecular weight excluding hydrogens is 209 g/mol. The van der Waals surface area contributed by atoms with Crippen LogP contribution in [0.25, 0.3) is 0 Å². The van der Waals surface area contributed by atoms with Crippen molar-refractivity contribution in [1.29, 1.82) is 0 Å². The Morgan fingerprint density at radius 2 is 1.87 bits per heavy atom. The van der Waals surface area contributed by atoms with Gasteiger partial charge in [0.15, 0.2) is 0 Å². The average Bonchev–Trinajstić information content (AvgIpc) is 2.51. The van der Waals surface area contributed by atoms with Crippen molar-refractivity contribution < 1.29 is 0 Å². The molecule has 0 heterocycles. The van der Waals surface area contributed by atoms with Crippen LogP contribution in [0.15, 0.2) is 17.4 Å². The fourth-order valence-corrected chi connectivity index (χ4v) is 3.33. The van der Waals surface area contributed by atoms with E-state index in [0.29, 0.717) is 12.1 Å². The molecule has 0 unspecified atom stereocenters. The first kappa shape index (κ1) is 14.1. The van der Waals surface area contributed by atoms with Crippen LogP contribution in [0.4, 0.5) is 0 Å². The second kappa shape index (κ2) is 6.72. The molecule has 0 saturated heterocycles. The monoisotopic (exact) mass is 231 g/mol. The molecule has 0 bridgehead atoms. The van der Waals surface area contributed by atoms with E-state index in [4.69, 9.17) is 0 Å². The van der Waals surface area contributed by atoms with Crippen molar-refractivity contribution in [3.8, 4) is 0 Å². The van der Waals surface area contributed by atoms with Crippen LogP contribution in [0.5, 0.6) is 0 Å². The predicted octanol–water partition coefficient (Wildman–Crippen LogP) is 2.88. The second-order valence-corrected chi connectivity index (χ2v) is 6.97. The summed E-state index contributed by atoms with van der Waals surface area (Å²) >= 11 is 0.881. The van der Waals surface area contributed by atoms with Gasteiger partial charge in [-0.15, -0.1) is 0 Å². The van der Waals surface area contributed by atoms with Crippen LogP contribution >= 0.6 is 0 Å². The molecule has 0 spiro atoms. The molecule has 0 amide bonds. The molecule has 0 aromatic heterocycles. The summed E-state index contributed by atoms with van der Waals surface area (Å²) < 4.78 is 1.75. The van der Waals surface area contributed by atoms with Crippen LogP contribution < -0.4 is 0 Å². The number of allylic oxidation sites excluding steroid dienone is 3. The van der Waals surface area contributed by atoms with Gasteiger partial charge in [0.05, 0.1) is 0 Å². The van der Waals surface area contributed by atoms with Gasteiger partial charge in [0.2, 0.25) is 0 Å². The summed E-state index contributed by atoms with van der Waals surface area (Å²) in [6.07, 6.45) is 7.17. The summed E-state index contributed by atoms with van der Waals surface area (Å²) in [7, 11) is 0. The summed E-state index contributed by atoms with van der Waals surface area (Å²) in [6, 6.07) is 1.33. The molecule has 1 nitrogen and oxygen atoms in total. The van der Waals surface area contributed by atoms with Crippen molar-refractivity contribution >= 4 is 49.0 Å². The summed E-state index contributed by atoms with van der Waals surface area (Å²) in [5.74, 6) is 0. The van der Waals surface area contributed by atoms with Gasteiger partial charge in [-0.3, -0.25) is 0 Å². The Morgan fingerprint density at radius 1 is 1.27 bits per heavy atom. The van der Waals surface area contributed by atoms with E-state index in [1.807, 2.05) is 0 Å². The second-order valence-electron chi connectivity index (χ2n) is 5.09. The Labute approximate surface area is 129 Å².